The molecule has 2 aromatic rings. The van der Waals surface area contributed by atoms with Crippen molar-refractivity contribution >= 4 is 29.6 Å². The number of rotatable bonds is 7. The highest BCUT2D eigenvalue weighted by Crippen LogP contribution is 2.42. The molecular weight excluding hydrogens is 484 g/mol. The van der Waals surface area contributed by atoms with E-state index < -0.39 is 0 Å². The van der Waals surface area contributed by atoms with Crippen molar-refractivity contribution in [1.82, 2.24) is 10.2 Å². The molecule has 0 fully saturated rings. The molecule has 0 saturated heterocycles. The molecule has 1 amide bonds. The largest absolute Gasteiger partial charge is 0.493 e. The smallest absolute Gasteiger partial charge is 0.254 e. The Morgan fingerprint density at radius 3 is 2.71 bits per heavy atom. The Bertz CT molecular complexity index is 1370. The molecule has 2 heterocycles. The van der Waals surface area contributed by atoms with Gasteiger partial charge in [-0.3, -0.25) is 15.0 Å². The van der Waals surface area contributed by atoms with Gasteiger partial charge in [-0.2, -0.15) is 10.3 Å². The number of aliphatic imine (C=N–C) groups is 1. The van der Waals surface area contributed by atoms with Crippen molar-refractivity contribution in [2.75, 3.05) is 38.3 Å². The minimum atomic E-state index is -0.307. The molecule has 10 heteroatoms. The quantitative estimate of drug-likeness (QED) is 0.249. The maximum atomic E-state index is 13.6. The molecule has 0 aliphatic carbocycles. The zero-order chi connectivity index (χ0) is 27.6. The number of hydrogen-bond acceptors (Lipinski definition) is 7. The molecule has 0 saturated carbocycles. The number of nitrogens with zero attached hydrogens (tertiary/aromatic N) is 4. The number of nitriles is 1. The Balaban J connectivity index is 1.66. The van der Waals surface area contributed by atoms with Crippen LogP contribution in [0.3, 0.4) is 0 Å². The van der Waals surface area contributed by atoms with E-state index in [0.29, 0.717) is 60.2 Å². The average Bonchev–Trinajstić information content (AvgIpc) is 3.19. The van der Waals surface area contributed by atoms with Crippen LogP contribution in [0.5, 0.6) is 11.5 Å². The van der Waals surface area contributed by atoms with Gasteiger partial charge in [-0.15, -0.1) is 0 Å². The van der Waals surface area contributed by atoms with Crippen LogP contribution in [0.1, 0.15) is 65.1 Å². The summed E-state index contributed by atoms with van der Waals surface area (Å²) in [5.41, 5.74) is 3.53. The van der Waals surface area contributed by atoms with Crippen LogP contribution in [0.2, 0.25) is 0 Å². The summed E-state index contributed by atoms with van der Waals surface area (Å²) in [6.45, 7) is 9.68. The minimum absolute atomic E-state index is 0.0116. The van der Waals surface area contributed by atoms with Crippen LogP contribution in [-0.2, 0) is 12.0 Å². The van der Waals surface area contributed by atoms with Gasteiger partial charge >= 0.3 is 0 Å². The highest BCUT2D eigenvalue weighted by atomic mass is 16.5. The van der Waals surface area contributed by atoms with Crippen LogP contribution in [-0.4, -0.2) is 62.1 Å². The number of Topliss-reactive ketones (excluding diaryl/α,β-unsaturated/α-hetero) is 1. The highest BCUT2D eigenvalue weighted by Gasteiger charge is 2.32. The molecule has 2 N–H and O–H groups in total. The third-order valence-electron chi connectivity index (χ3n) is 6.59. The molecule has 0 unspecified atom stereocenters. The maximum absolute atomic E-state index is 13.6. The molecule has 198 valence electrons. The second-order valence-corrected chi connectivity index (χ2v) is 10.2. The van der Waals surface area contributed by atoms with Crippen LogP contribution >= 0.6 is 0 Å². The number of hydrogen-bond donors (Lipinski definition) is 2. The predicted molar refractivity (Wildman–Crippen MR) is 145 cm³/mol. The van der Waals surface area contributed by atoms with Crippen LogP contribution in [0.25, 0.3) is 0 Å². The summed E-state index contributed by atoms with van der Waals surface area (Å²) in [4.78, 5) is 33.2. The Morgan fingerprint density at radius 1 is 1.29 bits per heavy atom. The number of carbonyl (C=O) groups excluding carboxylic acids is 2. The second-order valence-electron chi connectivity index (χ2n) is 10.2. The molecule has 4 rings (SSSR count). The second kappa shape index (κ2) is 10.5. The molecular formula is C28H32N6O4. The lowest BCUT2D eigenvalue weighted by atomic mass is 9.84. The standard InChI is InChI=1S/C28H32N6O4/c1-6-37-24-11-18-13-34(26(30)19(18)12-20(24)27(36)31-5)14-23(35)17-9-21(28(2,3)4)25-22(10-17)33(7-8-38-25)16-32-15-29/h9-12,16,30H,6-8,13-14H2,1-5H3,(H,31,36). The number of anilines is 1. The van der Waals surface area contributed by atoms with Gasteiger partial charge in [-0.05, 0) is 42.2 Å². The first-order valence-electron chi connectivity index (χ1n) is 12.5. The number of amides is 1. The van der Waals surface area contributed by atoms with E-state index in [-0.39, 0.29) is 29.5 Å². The summed E-state index contributed by atoms with van der Waals surface area (Å²) >= 11 is 0. The summed E-state index contributed by atoms with van der Waals surface area (Å²) < 4.78 is 11.7. The third-order valence-corrected chi connectivity index (χ3v) is 6.59. The van der Waals surface area contributed by atoms with Gasteiger partial charge in [-0.1, -0.05) is 20.8 Å². The summed E-state index contributed by atoms with van der Waals surface area (Å²) in [6.07, 6.45) is 3.23. The first-order chi connectivity index (χ1) is 18.1. The topological polar surface area (TPSA) is 131 Å². The van der Waals surface area contributed by atoms with E-state index in [1.54, 1.807) is 36.3 Å². The van der Waals surface area contributed by atoms with Gasteiger partial charge in [-0.25, -0.2) is 0 Å². The van der Waals surface area contributed by atoms with Crippen molar-refractivity contribution in [3.63, 3.8) is 0 Å². The van der Waals surface area contributed by atoms with Gasteiger partial charge in [0.2, 0.25) is 6.19 Å². The number of nitrogens with one attached hydrogen (secondary N) is 2. The van der Waals surface area contributed by atoms with Gasteiger partial charge in [0.25, 0.3) is 5.91 Å². The van der Waals surface area contributed by atoms with E-state index in [2.05, 4.69) is 31.1 Å². The van der Waals surface area contributed by atoms with Crippen molar-refractivity contribution in [2.24, 2.45) is 4.99 Å². The number of fused-ring (bicyclic) bond motifs is 2. The van der Waals surface area contributed by atoms with Gasteiger partial charge < -0.3 is 24.6 Å². The maximum Gasteiger partial charge on any atom is 0.254 e. The van der Waals surface area contributed by atoms with Crippen molar-refractivity contribution in [3.8, 4) is 17.7 Å². The fourth-order valence-electron chi connectivity index (χ4n) is 4.69. The lowest BCUT2D eigenvalue weighted by molar-refractivity contribution is 0.0953. The van der Waals surface area contributed by atoms with E-state index in [9.17, 15) is 9.59 Å². The zero-order valence-electron chi connectivity index (χ0n) is 22.3. The third kappa shape index (κ3) is 5.05. The average molecular weight is 517 g/mol. The molecule has 2 aliphatic heterocycles. The van der Waals surface area contributed by atoms with E-state index in [1.165, 1.54) is 6.34 Å². The van der Waals surface area contributed by atoms with Gasteiger partial charge in [0.1, 0.15) is 30.3 Å². The van der Waals surface area contributed by atoms with Crippen molar-refractivity contribution < 1.29 is 19.1 Å². The minimum Gasteiger partial charge on any atom is -0.493 e. The Labute approximate surface area is 222 Å². The van der Waals surface area contributed by atoms with Crippen LogP contribution in [0.15, 0.2) is 29.3 Å². The predicted octanol–water partition coefficient (Wildman–Crippen LogP) is 3.47. The Morgan fingerprint density at radius 2 is 2.05 bits per heavy atom. The summed E-state index contributed by atoms with van der Waals surface area (Å²) in [6, 6.07) is 7.06. The van der Waals surface area contributed by atoms with Gasteiger partial charge in [0.15, 0.2) is 5.78 Å². The fraction of sp³-hybridized carbons (Fsp3) is 0.393. The van der Waals surface area contributed by atoms with Gasteiger partial charge in [0, 0.05) is 30.3 Å². The van der Waals surface area contributed by atoms with Gasteiger partial charge in [0.05, 0.1) is 30.9 Å². The number of carbonyl (C=O) groups is 2. The normalized spacial score (nSPS) is 14.6. The lowest BCUT2D eigenvalue weighted by Crippen LogP contribution is -2.34. The molecule has 0 bridgehead atoms. The number of ketones is 1. The zero-order valence-corrected chi connectivity index (χ0v) is 22.3. The molecule has 0 radical (unpaired) electrons. The van der Waals surface area contributed by atoms with E-state index >= 15 is 0 Å². The molecule has 10 nitrogen and oxygen atoms in total. The van der Waals surface area contributed by atoms with E-state index in [0.717, 1.165) is 11.1 Å². The molecule has 0 atom stereocenters. The number of benzene rings is 2. The molecule has 2 aliphatic rings. The summed E-state index contributed by atoms with van der Waals surface area (Å²) in [7, 11) is 1.55. The van der Waals surface area contributed by atoms with Crippen molar-refractivity contribution in [1.29, 1.82) is 10.7 Å². The molecule has 38 heavy (non-hydrogen) atoms. The highest BCUT2D eigenvalue weighted by molar-refractivity contribution is 6.08. The molecule has 0 spiro atoms. The Hall–Kier alpha value is -4.39. The Kier molecular flexibility index (Phi) is 7.39. The fourth-order valence-corrected chi connectivity index (χ4v) is 4.69. The monoisotopic (exact) mass is 516 g/mol. The SMILES string of the molecule is CCOc1cc2c(cc1C(=O)NC)C(=N)N(CC(=O)c1cc3c(c(C(C)(C)C)c1)OCCN3C=NC#N)C2. The number of ether oxygens (including phenoxy) is 2. The first-order valence-corrected chi connectivity index (χ1v) is 12.5. The molecule has 2 aromatic carbocycles. The van der Waals surface area contributed by atoms with Crippen LogP contribution in [0.4, 0.5) is 5.69 Å². The van der Waals surface area contributed by atoms with E-state index in [4.69, 9.17) is 20.1 Å². The van der Waals surface area contributed by atoms with Crippen molar-refractivity contribution in [2.45, 2.75) is 39.7 Å². The van der Waals surface area contributed by atoms with Crippen molar-refractivity contribution in [3.05, 3.63) is 52.1 Å². The van der Waals surface area contributed by atoms with Crippen LogP contribution in [0, 0.1) is 16.9 Å². The number of amidine groups is 1. The molecule has 0 aromatic heterocycles. The van der Waals surface area contributed by atoms with E-state index in [1.807, 2.05) is 17.9 Å². The lowest BCUT2D eigenvalue weighted by Gasteiger charge is -2.33. The van der Waals surface area contributed by atoms with Crippen LogP contribution < -0.4 is 19.7 Å². The summed E-state index contributed by atoms with van der Waals surface area (Å²) in [5, 5.41) is 20.3. The summed E-state index contributed by atoms with van der Waals surface area (Å²) in [5.74, 6) is 0.859. The first kappa shape index (κ1) is 26.7.